The molecule has 2 aromatic rings. The van der Waals surface area contributed by atoms with Crippen LogP contribution in [0.3, 0.4) is 0 Å². The Morgan fingerprint density at radius 1 is 1.00 bits per heavy atom. The molecule has 0 saturated heterocycles. The van der Waals surface area contributed by atoms with Gasteiger partial charge < -0.3 is 0 Å². The average Bonchev–Trinajstić information content (AvgIpc) is 2.40. The summed E-state index contributed by atoms with van der Waals surface area (Å²) in [5.41, 5.74) is 3.05. The van der Waals surface area contributed by atoms with Crippen LogP contribution in [0.2, 0.25) is 5.02 Å². The van der Waals surface area contributed by atoms with Crippen molar-refractivity contribution in [2.75, 3.05) is 0 Å². The second kappa shape index (κ2) is 6.03. The zero-order valence-corrected chi connectivity index (χ0v) is 11.9. The fourth-order valence-electron chi connectivity index (χ4n) is 1.94. The molecule has 0 spiro atoms. The van der Waals surface area contributed by atoms with Crippen LogP contribution in [0, 0.1) is 0 Å². The van der Waals surface area contributed by atoms with E-state index < -0.39 is 0 Å². The average molecular weight is 273 g/mol. The highest BCUT2D eigenvalue weighted by atomic mass is 35.5. The molecule has 0 heterocycles. The van der Waals surface area contributed by atoms with Crippen LogP contribution >= 0.6 is 11.6 Å². The second-order valence-electron chi connectivity index (χ2n) is 5.00. The summed E-state index contributed by atoms with van der Waals surface area (Å²) in [6, 6.07) is 15.3. The Morgan fingerprint density at radius 3 is 2.11 bits per heavy atom. The van der Waals surface area contributed by atoms with E-state index in [0.29, 0.717) is 22.9 Å². The number of rotatable bonds is 4. The maximum absolute atomic E-state index is 12.1. The van der Waals surface area contributed by atoms with E-state index in [1.54, 1.807) is 24.3 Å². The predicted molar refractivity (Wildman–Crippen MR) is 80.0 cm³/mol. The number of Topliss-reactive ketones (excluding diaryl/α,β-unsaturated/α-hetero) is 1. The number of benzene rings is 2. The molecule has 0 bridgehead atoms. The first kappa shape index (κ1) is 13.8. The van der Waals surface area contributed by atoms with Crippen molar-refractivity contribution < 1.29 is 4.79 Å². The van der Waals surface area contributed by atoms with E-state index >= 15 is 0 Å². The largest absolute Gasteiger partial charge is 0.294 e. The zero-order valence-electron chi connectivity index (χ0n) is 11.2. The molecule has 0 fully saturated rings. The molecule has 0 atom stereocenters. The number of ketones is 1. The Bertz CT molecular complexity index is 553. The van der Waals surface area contributed by atoms with Crippen LogP contribution in [0.1, 0.15) is 41.3 Å². The lowest BCUT2D eigenvalue weighted by molar-refractivity contribution is 0.0993. The standard InChI is InChI=1S/C17H17ClO/c1-12(2)14-5-3-13(4-6-14)11-17(19)15-7-9-16(18)10-8-15/h3-10,12H,11H2,1-2H3. The van der Waals surface area contributed by atoms with Crippen molar-refractivity contribution in [3.8, 4) is 0 Å². The van der Waals surface area contributed by atoms with Crippen LogP contribution in [-0.2, 0) is 6.42 Å². The predicted octanol–water partition coefficient (Wildman–Crippen LogP) is 4.89. The third kappa shape index (κ3) is 3.68. The van der Waals surface area contributed by atoms with Gasteiger partial charge in [0.25, 0.3) is 0 Å². The summed E-state index contributed by atoms with van der Waals surface area (Å²) in [7, 11) is 0. The number of carbonyl (C=O) groups is 1. The van der Waals surface area contributed by atoms with Gasteiger partial charge >= 0.3 is 0 Å². The molecular formula is C17H17ClO. The van der Waals surface area contributed by atoms with E-state index in [0.717, 1.165) is 5.56 Å². The Labute approximate surface area is 119 Å². The fourth-order valence-corrected chi connectivity index (χ4v) is 2.07. The van der Waals surface area contributed by atoms with E-state index in [9.17, 15) is 4.79 Å². The lowest BCUT2D eigenvalue weighted by Crippen LogP contribution is -2.03. The van der Waals surface area contributed by atoms with E-state index in [1.807, 2.05) is 12.1 Å². The van der Waals surface area contributed by atoms with Gasteiger partial charge in [0.05, 0.1) is 0 Å². The monoisotopic (exact) mass is 272 g/mol. The van der Waals surface area contributed by atoms with Crippen molar-refractivity contribution in [2.24, 2.45) is 0 Å². The van der Waals surface area contributed by atoms with Crippen LogP contribution in [-0.4, -0.2) is 5.78 Å². The summed E-state index contributed by atoms with van der Waals surface area (Å²) >= 11 is 5.81. The quantitative estimate of drug-likeness (QED) is 0.724. The number of carbonyl (C=O) groups excluding carboxylic acids is 1. The van der Waals surface area contributed by atoms with Crippen molar-refractivity contribution >= 4 is 17.4 Å². The minimum absolute atomic E-state index is 0.119. The second-order valence-corrected chi connectivity index (χ2v) is 5.44. The van der Waals surface area contributed by atoms with Crippen LogP contribution in [0.5, 0.6) is 0 Å². The molecule has 0 aromatic heterocycles. The number of hydrogen-bond acceptors (Lipinski definition) is 1. The summed E-state index contributed by atoms with van der Waals surface area (Å²) in [6.07, 6.45) is 0.431. The SMILES string of the molecule is CC(C)c1ccc(CC(=O)c2ccc(Cl)cc2)cc1. The van der Waals surface area contributed by atoms with Gasteiger partial charge in [0.1, 0.15) is 0 Å². The first-order valence-corrected chi connectivity index (χ1v) is 6.81. The van der Waals surface area contributed by atoms with Crippen LogP contribution < -0.4 is 0 Å². The molecule has 0 amide bonds. The lowest BCUT2D eigenvalue weighted by atomic mass is 9.98. The smallest absolute Gasteiger partial charge is 0.167 e. The van der Waals surface area contributed by atoms with Crippen LogP contribution in [0.15, 0.2) is 48.5 Å². The minimum Gasteiger partial charge on any atom is -0.294 e. The Morgan fingerprint density at radius 2 is 1.58 bits per heavy atom. The zero-order chi connectivity index (χ0) is 13.8. The van der Waals surface area contributed by atoms with E-state index in [2.05, 4.69) is 26.0 Å². The minimum atomic E-state index is 0.119. The van der Waals surface area contributed by atoms with Gasteiger partial charge in [-0.3, -0.25) is 4.79 Å². The van der Waals surface area contributed by atoms with Crippen LogP contribution in [0.25, 0.3) is 0 Å². The molecule has 2 aromatic carbocycles. The third-order valence-corrected chi connectivity index (χ3v) is 3.43. The molecule has 0 radical (unpaired) electrons. The van der Waals surface area contributed by atoms with E-state index in [1.165, 1.54) is 5.56 Å². The Kier molecular flexibility index (Phi) is 4.39. The van der Waals surface area contributed by atoms with Gasteiger partial charge in [-0.1, -0.05) is 49.7 Å². The highest BCUT2D eigenvalue weighted by Gasteiger charge is 2.07. The number of halogens is 1. The molecule has 0 saturated carbocycles. The molecule has 0 N–H and O–H groups in total. The first-order chi connectivity index (χ1) is 9.06. The van der Waals surface area contributed by atoms with Gasteiger partial charge in [0.2, 0.25) is 0 Å². The van der Waals surface area contributed by atoms with Gasteiger partial charge in [-0.25, -0.2) is 0 Å². The van der Waals surface area contributed by atoms with Gasteiger partial charge in [0, 0.05) is 17.0 Å². The van der Waals surface area contributed by atoms with Crippen molar-refractivity contribution in [3.63, 3.8) is 0 Å². The van der Waals surface area contributed by atoms with Crippen molar-refractivity contribution in [2.45, 2.75) is 26.2 Å². The topological polar surface area (TPSA) is 17.1 Å². The number of hydrogen-bond donors (Lipinski definition) is 0. The maximum atomic E-state index is 12.1. The molecule has 0 aliphatic heterocycles. The third-order valence-electron chi connectivity index (χ3n) is 3.18. The van der Waals surface area contributed by atoms with Gasteiger partial charge in [-0.2, -0.15) is 0 Å². The molecule has 2 rings (SSSR count). The molecule has 0 unspecified atom stereocenters. The van der Waals surface area contributed by atoms with Gasteiger partial charge in [-0.05, 0) is 41.3 Å². The first-order valence-electron chi connectivity index (χ1n) is 6.44. The summed E-state index contributed by atoms with van der Waals surface area (Å²) in [5, 5.41) is 0.651. The fraction of sp³-hybridized carbons (Fsp3) is 0.235. The molecule has 2 heteroatoms. The van der Waals surface area contributed by atoms with Gasteiger partial charge in [0.15, 0.2) is 5.78 Å². The maximum Gasteiger partial charge on any atom is 0.167 e. The highest BCUT2D eigenvalue weighted by molar-refractivity contribution is 6.30. The molecule has 1 nitrogen and oxygen atoms in total. The molecular weight excluding hydrogens is 256 g/mol. The summed E-state index contributed by atoms with van der Waals surface area (Å²) < 4.78 is 0. The molecule has 19 heavy (non-hydrogen) atoms. The Balaban J connectivity index is 2.08. The van der Waals surface area contributed by atoms with Crippen molar-refractivity contribution in [3.05, 3.63) is 70.2 Å². The summed E-state index contributed by atoms with van der Waals surface area (Å²) in [4.78, 5) is 12.1. The summed E-state index contributed by atoms with van der Waals surface area (Å²) in [6.45, 7) is 4.32. The van der Waals surface area contributed by atoms with Gasteiger partial charge in [-0.15, -0.1) is 0 Å². The summed E-state index contributed by atoms with van der Waals surface area (Å²) in [5.74, 6) is 0.634. The van der Waals surface area contributed by atoms with Crippen molar-refractivity contribution in [1.29, 1.82) is 0 Å². The Hall–Kier alpha value is -1.60. The molecule has 98 valence electrons. The van der Waals surface area contributed by atoms with E-state index in [4.69, 9.17) is 11.6 Å². The van der Waals surface area contributed by atoms with Crippen molar-refractivity contribution in [1.82, 2.24) is 0 Å². The molecule has 0 aliphatic carbocycles. The van der Waals surface area contributed by atoms with Crippen LogP contribution in [0.4, 0.5) is 0 Å². The molecule has 0 aliphatic rings. The van der Waals surface area contributed by atoms with E-state index in [-0.39, 0.29) is 5.78 Å². The lowest BCUT2D eigenvalue weighted by Gasteiger charge is -2.06. The normalized spacial score (nSPS) is 10.7. The highest BCUT2D eigenvalue weighted by Crippen LogP contribution is 2.16.